The molecule has 98 valence electrons. The zero-order valence-corrected chi connectivity index (χ0v) is 11.6. The van der Waals surface area contributed by atoms with Gasteiger partial charge in [-0.05, 0) is 44.0 Å². The maximum absolute atomic E-state index is 12.1. The van der Waals surface area contributed by atoms with Gasteiger partial charge in [0, 0.05) is 11.9 Å². The minimum atomic E-state index is -1.10. The van der Waals surface area contributed by atoms with Gasteiger partial charge >= 0.3 is 0 Å². The van der Waals surface area contributed by atoms with E-state index in [-0.39, 0.29) is 12.4 Å². The molecule has 18 heavy (non-hydrogen) atoms. The van der Waals surface area contributed by atoms with Gasteiger partial charge in [0.1, 0.15) is 5.03 Å². The molecular formula is C12H16ClN3OS. The molecule has 1 aliphatic heterocycles. The molecule has 0 saturated carbocycles. The number of nitrogens with one attached hydrogen (secondary N) is 1. The molecule has 0 spiro atoms. The third-order valence-corrected chi connectivity index (χ3v) is 4.35. The van der Waals surface area contributed by atoms with Gasteiger partial charge < -0.3 is 5.32 Å². The first-order valence-corrected chi connectivity index (χ1v) is 7.07. The van der Waals surface area contributed by atoms with E-state index in [0.717, 1.165) is 25.9 Å². The maximum Gasteiger partial charge on any atom is 0.128 e. The predicted molar refractivity (Wildman–Crippen MR) is 73.1 cm³/mol. The summed E-state index contributed by atoms with van der Waals surface area (Å²) in [5.74, 6) is 1.09. The smallest absolute Gasteiger partial charge is 0.128 e. The Hall–Kier alpha value is -0.960. The fourth-order valence-corrected chi connectivity index (χ4v) is 3.29. The molecule has 4 nitrogen and oxygen atoms in total. The molecule has 2 unspecified atom stereocenters. The number of pyridine rings is 1. The van der Waals surface area contributed by atoms with Crippen LogP contribution in [0.15, 0.2) is 23.4 Å². The van der Waals surface area contributed by atoms with E-state index in [1.54, 1.807) is 18.3 Å². The molecular weight excluding hydrogens is 270 g/mol. The summed E-state index contributed by atoms with van der Waals surface area (Å²) < 4.78 is 12.1. The lowest BCUT2D eigenvalue weighted by atomic mass is 10.0. The van der Waals surface area contributed by atoms with Crippen LogP contribution >= 0.6 is 12.4 Å². The molecule has 0 radical (unpaired) electrons. The van der Waals surface area contributed by atoms with Crippen molar-refractivity contribution in [3.05, 3.63) is 23.9 Å². The summed E-state index contributed by atoms with van der Waals surface area (Å²) in [5.41, 5.74) is 0.519. The van der Waals surface area contributed by atoms with Crippen molar-refractivity contribution < 1.29 is 4.21 Å². The lowest BCUT2D eigenvalue weighted by Crippen LogP contribution is -2.32. The molecule has 0 aliphatic carbocycles. The van der Waals surface area contributed by atoms with Crippen molar-refractivity contribution in [2.75, 3.05) is 18.8 Å². The highest BCUT2D eigenvalue weighted by atomic mass is 35.5. The van der Waals surface area contributed by atoms with Gasteiger partial charge in [0.2, 0.25) is 0 Å². The van der Waals surface area contributed by atoms with Crippen LogP contribution in [0.25, 0.3) is 0 Å². The summed E-state index contributed by atoms with van der Waals surface area (Å²) in [4.78, 5) is 4.08. The number of aromatic nitrogens is 1. The summed E-state index contributed by atoms with van der Waals surface area (Å²) in [5, 5.41) is 12.6. The summed E-state index contributed by atoms with van der Waals surface area (Å²) in [6.07, 6.45) is 3.81. The van der Waals surface area contributed by atoms with Crippen LogP contribution in [0.1, 0.15) is 18.4 Å². The molecule has 0 aromatic carbocycles. The van der Waals surface area contributed by atoms with Crippen molar-refractivity contribution in [2.24, 2.45) is 5.92 Å². The first-order chi connectivity index (χ1) is 8.29. The standard InChI is InChI=1S/C12H15N3OS.ClH/c13-7-10-3-5-15-12(6-10)17(16)9-11-2-1-4-14-8-11;/h3,5-6,11,14H,1-2,4,8-9H2;1H. The van der Waals surface area contributed by atoms with Crippen LogP contribution in [0.4, 0.5) is 0 Å². The molecule has 6 heteroatoms. The number of nitriles is 1. The highest BCUT2D eigenvalue weighted by Gasteiger charge is 2.17. The molecule has 1 aromatic rings. The fourth-order valence-electron chi connectivity index (χ4n) is 1.97. The molecule has 1 aliphatic rings. The minimum Gasteiger partial charge on any atom is -0.316 e. The molecule has 1 saturated heterocycles. The number of nitrogens with zero attached hydrogens (tertiary/aromatic N) is 2. The third kappa shape index (κ3) is 4.05. The molecule has 1 fully saturated rings. The topological polar surface area (TPSA) is 65.8 Å². The molecule has 1 aromatic heterocycles. The highest BCUT2D eigenvalue weighted by Crippen LogP contribution is 2.15. The Labute approximate surface area is 116 Å². The summed E-state index contributed by atoms with van der Waals surface area (Å²) >= 11 is 0. The molecule has 2 atom stereocenters. The van der Waals surface area contributed by atoms with E-state index < -0.39 is 10.8 Å². The summed E-state index contributed by atoms with van der Waals surface area (Å²) in [7, 11) is -1.10. The summed E-state index contributed by atoms with van der Waals surface area (Å²) in [6.45, 7) is 2.00. The Morgan fingerprint density at radius 2 is 2.44 bits per heavy atom. The molecule has 2 rings (SSSR count). The quantitative estimate of drug-likeness (QED) is 0.914. The van der Waals surface area contributed by atoms with Crippen molar-refractivity contribution in [2.45, 2.75) is 17.9 Å². The Morgan fingerprint density at radius 3 is 3.11 bits per heavy atom. The third-order valence-electron chi connectivity index (χ3n) is 2.88. The second-order valence-electron chi connectivity index (χ2n) is 4.22. The van der Waals surface area contributed by atoms with Gasteiger partial charge in [-0.1, -0.05) is 0 Å². The van der Waals surface area contributed by atoms with Gasteiger partial charge in [-0.2, -0.15) is 5.26 Å². The van der Waals surface area contributed by atoms with E-state index in [9.17, 15) is 4.21 Å². The zero-order valence-electron chi connectivity index (χ0n) is 9.96. The Balaban J connectivity index is 0.00000162. The Kier molecular flexibility index (Phi) is 6.27. The number of hydrogen-bond acceptors (Lipinski definition) is 4. The predicted octanol–water partition coefficient (Wildman–Crippen LogP) is 1.48. The largest absolute Gasteiger partial charge is 0.316 e. The summed E-state index contributed by atoms with van der Waals surface area (Å²) in [6, 6.07) is 5.28. The Bertz CT molecular complexity index is 455. The number of hydrogen-bond donors (Lipinski definition) is 1. The van der Waals surface area contributed by atoms with Crippen LogP contribution < -0.4 is 5.32 Å². The number of piperidine rings is 1. The van der Waals surface area contributed by atoms with Crippen LogP contribution in [-0.4, -0.2) is 28.0 Å². The van der Waals surface area contributed by atoms with E-state index >= 15 is 0 Å². The van der Waals surface area contributed by atoms with Crippen molar-refractivity contribution >= 4 is 23.2 Å². The van der Waals surface area contributed by atoms with Crippen molar-refractivity contribution in [1.82, 2.24) is 10.3 Å². The average Bonchev–Trinajstić information content (AvgIpc) is 2.40. The second kappa shape index (κ2) is 7.47. The van der Waals surface area contributed by atoms with Gasteiger partial charge in [-0.3, -0.25) is 4.21 Å². The van der Waals surface area contributed by atoms with Crippen molar-refractivity contribution in [3.8, 4) is 6.07 Å². The number of halogens is 1. The van der Waals surface area contributed by atoms with Crippen LogP contribution in [0.5, 0.6) is 0 Å². The Morgan fingerprint density at radius 1 is 1.61 bits per heavy atom. The monoisotopic (exact) mass is 285 g/mol. The van der Waals surface area contributed by atoms with Gasteiger partial charge in [0.15, 0.2) is 0 Å². The lowest BCUT2D eigenvalue weighted by molar-refractivity contribution is 0.408. The zero-order chi connectivity index (χ0) is 12.1. The molecule has 1 N–H and O–H groups in total. The molecule has 0 amide bonds. The SMILES string of the molecule is Cl.N#Cc1ccnc(S(=O)CC2CCCNC2)c1. The first kappa shape index (κ1) is 15.1. The van der Waals surface area contributed by atoms with Gasteiger partial charge in [0.25, 0.3) is 0 Å². The van der Waals surface area contributed by atoms with E-state index in [4.69, 9.17) is 5.26 Å². The number of rotatable bonds is 3. The van der Waals surface area contributed by atoms with Crippen LogP contribution in [0.2, 0.25) is 0 Å². The normalized spacial score (nSPS) is 20.5. The maximum atomic E-state index is 12.1. The van der Waals surface area contributed by atoms with Gasteiger partial charge in [0.05, 0.1) is 22.4 Å². The lowest BCUT2D eigenvalue weighted by Gasteiger charge is -2.21. The van der Waals surface area contributed by atoms with E-state index in [1.165, 1.54) is 0 Å². The second-order valence-corrected chi connectivity index (χ2v) is 5.66. The van der Waals surface area contributed by atoms with E-state index in [0.29, 0.717) is 22.3 Å². The van der Waals surface area contributed by atoms with Crippen LogP contribution in [0, 0.1) is 17.2 Å². The van der Waals surface area contributed by atoms with Gasteiger partial charge in [-0.15, -0.1) is 12.4 Å². The molecule has 0 bridgehead atoms. The van der Waals surface area contributed by atoms with E-state index in [1.807, 2.05) is 6.07 Å². The van der Waals surface area contributed by atoms with Crippen LogP contribution in [0.3, 0.4) is 0 Å². The minimum absolute atomic E-state index is 0. The van der Waals surface area contributed by atoms with E-state index in [2.05, 4.69) is 10.3 Å². The molecule has 2 heterocycles. The van der Waals surface area contributed by atoms with Gasteiger partial charge in [-0.25, -0.2) is 4.98 Å². The first-order valence-electron chi connectivity index (χ1n) is 5.75. The van der Waals surface area contributed by atoms with Crippen LogP contribution in [-0.2, 0) is 10.8 Å². The fraction of sp³-hybridized carbons (Fsp3) is 0.500. The average molecular weight is 286 g/mol. The van der Waals surface area contributed by atoms with Crippen molar-refractivity contribution in [1.29, 1.82) is 5.26 Å². The van der Waals surface area contributed by atoms with Crippen molar-refractivity contribution in [3.63, 3.8) is 0 Å². The highest BCUT2D eigenvalue weighted by molar-refractivity contribution is 7.84.